The van der Waals surface area contributed by atoms with Gasteiger partial charge in [-0.2, -0.15) is 5.26 Å². The number of aryl methyl sites for hydroxylation is 1. The van der Waals surface area contributed by atoms with Crippen LogP contribution in [0.3, 0.4) is 0 Å². The normalized spacial score (nSPS) is 9.95. The highest BCUT2D eigenvalue weighted by Gasteiger charge is 2.03. The van der Waals surface area contributed by atoms with Crippen LogP contribution >= 0.6 is 0 Å². The molecule has 1 N–H and O–H groups in total. The summed E-state index contributed by atoms with van der Waals surface area (Å²) in [7, 11) is 0. The molecule has 1 heterocycles. The highest BCUT2D eigenvalue weighted by atomic mass is 19.1. The lowest BCUT2D eigenvalue weighted by Gasteiger charge is -2.09. The second-order valence-corrected chi connectivity index (χ2v) is 4.16. The number of pyridine rings is 1. The van der Waals surface area contributed by atoms with Crippen LogP contribution in [0.15, 0.2) is 36.5 Å². The lowest BCUT2D eigenvalue weighted by molar-refractivity contribution is 0.627. The summed E-state index contributed by atoms with van der Waals surface area (Å²) in [5.74, 6) is -0.418. The summed E-state index contributed by atoms with van der Waals surface area (Å²) in [6.45, 7) is 2.58. The number of nitriles is 1. The number of nitrogens with zero attached hydrogens (tertiary/aromatic N) is 2. The molecule has 0 saturated heterocycles. The Bertz CT molecular complexity index is 617. The molecule has 3 nitrogen and oxygen atoms in total. The fourth-order valence-corrected chi connectivity index (χ4v) is 1.89. The molecule has 0 aliphatic carbocycles. The summed E-state index contributed by atoms with van der Waals surface area (Å²) < 4.78 is 13.3. The lowest BCUT2D eigenvalue weighted by Crippen LogP contribution is -2.05. The second kappa shape index (κ2) is 5.96. The number of anilines is 1. The largest absolute Gasteiger partial charge is 0.379 e. The molecular weight excluding hydrogens is 241 g/mol. The van der Waals surface area contributed by atoms with E-state index in [0.29, 0.717) is 17.8 Å². The van der Waals surface area contributed by atoms with Crippen LogP contribution in [0.2, 0.25) is 0 Å². The molecule has 2 rings (SSSR count). The van der Waals surface area contributed by atoms with Gasteiger partial charge in [0.25, 0.3) is 0 Å². The molecular formula is C15H14FN3. The van der Waals surface area contributed by atoms with Crippen LogP contribution in [-0.2, 0) is 13.0 Å². The van der Waals surface area contributed by atoms with E-state index in [1.165, 1.54) is 12.1 Å². The monoisotopic (exact) mass is 255 g/mol. The molecule has 0 atom stereocenters. The van der Waals surface area contributed by atoms with E-state index in [1.54, 1.807) is 12.3 Å². The first-order chi connectivity index (χ1) is 9.22. The Hall–Kier alpha value is -2.41. The van der Waals surface area contributed by atoms with E-state index in [9.17, 15) is 4.39 Å². The van der Waals surface area contributed by atoms with Gasteiger partial charge in [0.05, 0.1) is 23.9 Å². The van der Waals surface area contributed by atoms with Gasteiger partial charge in [-0.15, -0.1) is 0 Å². The average Bonchev–Trinajstić information content (AvgIpc) is 2.44. The van der Waals surface area contributed by atoms with Crippen molar-refractivity contribution in [1.29, 1.82) is 5.26 Å². The minimum Gasteiger partial charge on any atom is -0.379 e. The minimum absolute atomic E-state index is 0.305. The number of hydrogen-bond acceptors (Lipinski definition) is 3. The summed E-state index contributed by atoms with van der Waals surface area (Å²) in [6.07, 6.45) is 2.64. The van der Waals surface area contributed by atoms with Crippen LogP contribution in [0.1, 0.15) is 23.7 Å². The summed E-state index contributed by atoms with van der Waals surface area (Å²) in [5, 5.41) is 11.9. The average molecular weight is 255 g/mol. The van der Waals surface area contributed by atoms with E-state index in [1.807, 2.05) is 18.2 Å². The number of nitrogens with one attached hydrogen (secondary N) is 1. The summed E-state index contributed by atoms with van der Waals surface area (Å²) in [5.41, 5.74) is 2.99. The van der Waals surface area contributed by atoms with Crippen LogP contribution < -0.4 is 5.32 Å². The third kappa shape index (κ3) is 3.29. The van der Waals surface area contributed by atoms with Crippen LogP contribution in [0.25, 0.3) is 0 Å². The molecule has 0 radical (unpaired) electrons. The molecule has 0 bridgehead atoms. The van der Waals surface area contributed by atoms with Gasteiger partial charge in [-0.25, -0.2) is 4.39 Å². The van der Waals surface area contributed by atoms with Gasteiger partial charge >= 0.3 is 0 Å². The highest BCUT2D eigenvalue weighted by molar-refractivity contribution is 5.50. The van der Waals surface area contributed by atoms with E-state index < -0.39 is 5.82 Å². The third-order valence-corrected chi connectivity index (χ3v) is 2.85. The van der Waals surface area contributed by atoms with E-state index in [4.69, 9.17) is 5.26 Å². The third-order valence-electron chi connectivity index (χ3n) is 2.85. The van der Waals surface area contributed by atoms with Gasteiger partial charge in [0.1, 0.15) is 5.82 Å². The summed E-state index contributed by atoms with van der Waals surface area (Å²) in [6, 6.07) is 10.1. The van der Waals surface area contributed by atoms with E-state index in [0.717, 1.165) is 17.7 Å². The van der Waals surface area contributed by atoms with Crippen molar-refractivity contribution in [2.24, 2.45) is 0 Å². The quantitative estimate of drug-likeness (QED) is 0.912. The SMILES string of the molecule is CCc1cccnc1CNc1cc(F)cc(C#N)c1. The van der Waals surface area contributed by atoms with Crippen LogP contribution in [0.5, 0.6) is 0 Å². The molecule has 0 aliphatic heterocycles. The maximum absolute atomic E-state index is 13.3. The van der Waals surface area contributed by atoms with Crippen LogP contribution in [0.4, 0.5) is 10.1 Å². The first-order valence-corrected chi connectivity index (χ1v) is 6.10. The van der Waals surface area contributed by atoms with Crippen molar-refractivity contribution < 1.29 is 4.39 Å². The van der Waals surface area contributed by atoms with E-state index in [-0.39, 0.29) is 0 Å². The summed E-state index contributed by atoms with van der Waals surface area (Å²) >= 11 is 0. The molecule has 19 heavy (non-hydrogen) atoms. The van der Waals surface area contributed by atoms with Crippen molar-refractivity contribution in [3.63, 3.8) is 0 Å². The molecule has 0 unspecified atom stereocenters. The molecule has 96 valence electrons. The van der Waals surface area contributed by atoms with Gasteiger partial charge in [-0.3, -0.25) is 4.98 Å². The van der Waals surface area contributed by atoms with Gasteiger partial charge < -0.3 is 5.32 Å². The molecule has 0 amide bonds. The zero-order valence-electron chi connectivity index (χ0n) is 10.7. The molecule has 1 aromatic carbocycles. The van der Waals surface area contributed by atoms with Gasteiger partial charge in [0.15, 0.2) is 0 Å². The van der Waals surface area contributed by atoms with Crippen LogP contribution in [-0.4, -0.2) is 4.98 Å². The van der Waals surface area contributed by atoms with E-state index in [2.05, 4.69) is 17.2 Å². The number of benzene rings is 1. The van der Waals surface area contributed by atoms with Crippen molar-refractivity contribution in [2.75, 3.05) is 5.32 Å². The number of hydrogen-bond donors (Lipinski definition) is 1. The fourth-order valence-electron chi connectivity index (χ4n) is 1.89. The zero-order chi connectivity index (χ0) is 13.7. The smallest absolute Gasteiger partial charge is 0.126 e. The van der Waals surface area contributed by atoms with E-state index >= 15 is 0 Å². The van der Waals surface area contributed by atoms with Crippen molar-refractivity contribution in [2.45, 2.75) is 19.9 Å². The van der Waals surface area contributed by atoms with Crippen molar-refractivity contribution >= 4 is 5.69 Å². The maximum Gasteiger partial charge on any atom is 0.126 e. The molecule has 0 spiro atoms. The fraction of sp³-hybridized carbons (Fsp3) is 0.200. The number of halogens is 1. The molecule has 0 aliphatic rings. The highest BCUT2D eigenvalue weighted by Crippen LogP contribution is 2.15. The Morgan fingerprint density at radius 1 is 1.37 bits per heavy atom. The van der Waals surface area contributed by atoms with Crippen molar-refractivity contribution in [3.05, 3.63) is 59.2 Å². The lowest BCUT2D eigenvalue weighted by atomic mass is 10.1. The number of rotatable bonds is 4. The number of aromatic nitrogens is 1. The second-order valence-electron chi connectivity index (χ2n) is 4.16. The van der Waals surface area contributed by atoms with Crippen molar-refractivity contribution in [1.82, 2.24) is 4.98 Å². The predicted octanol–water partition coefficient (Wildman–Crippen LogP) is 3.27. The first-order valence-electron chi connectivity index (χ1n) is 6.10. The Labute approximate surface area is 111 Å². The van der Waals surface area contributed by atoms with Gasteiger partial charge in [0.2, 0.25) is 0 Å². The van der Waals surface area contributed by atoms with Gasteiger partial charge in [-0.05, 0) is 36.2 Å². The molecule has 0 fully saturated rings. The Balaban J connectivity index is 2.15. The van der Waals surface area contributed by atoms with Crippen molar-refractivity contribution in [3.8, 4) is 6.07 Å². The maximum atomic E-state index is 13.3. The van der Waals surface area contributed by atoms with Crippen LogP contribution in [0, 0.1) is 17.1 Å². The van der Waals surface area contributed by atoms with Gasteiger partial charge in [0, 0.05) is 11.9 Å². The summed E-state index contributed by atoms with van der Waals surface area (Å²) in [4.78, 5) is 4.31. The minimum atomic E-state index is -0.418. The molecule has 0 saturated carbocycles. The molecule has 2 aromatic rings. The Kier molecular flexibility index (Phi) is 4.09. The topological polar surface area (TPSA) is 48.7 Å². The van der Waals surface area contributed by atoms with Gasteiger partial charge in [-0.1, -0.05) is 13.0 Å². The standard InChI is InChI=1S/C15H14FN3/c1-2-12-4-3-5-18-15(12)10-19-14-7-11(9-17)6-13(16)8-14/h3-8,19H,2,10H2,1H3. The zero-order valence-corrected chi connectivity index (χ0v) is 10.7. The first kappa shape index (κ1) is 13.0. The molecule has 4 heteroatoms. The Morgan fingerprint density at radius 2 is 2.21 bits per heavy atom. The predicted molar refractivity (Wildman–Crippen MR) is 72.1 cm³/mol. The Morgan fingerprint density at radius 3 is 2.95 bits per heavy atom. The molecule has 1 aromatic heterocycles.